The number of nitriles is 1. The van der Waals surface area contributed by atoms with Crippen molar-refractivity contribution < 1.29 is 9.59 Å². The minimum Gasteiger partial charge on any atom is -0.318 e. The number of nitrogens with zero attached hydrogens (tertiary/aromatic N) is 3. The van der Waals surface area contributed by atoms with Gasteiger partial charge < -0.3 is 5.32 Å². The van der Waals surface area contributed by atoms with Gasteiger partial charge in [0.2, 0.25) is 0 Å². The molecule has 29 heavy (non-hydrogen) atoms. The number of benzene rings is 2. The summed E-state index contributed by atoms with van der Waals surface area (Å²) in [6, 6.07) is 21.9. The van der Waals surface area contributed by atoms with Crippen molar-refractivity contribution >= 4 is 11.9 Å². The van der Waals surface area contributed by atoms with Crippen LogP contribution in [0, 0.1) is 11.3 Å². The van der Waals surface area contributed by atoms with E-state index in [-0.39, 0.29) is 12.5 Å². The maximum absolute atomic E-state index is 13.0. The summed E-state index contributed by atoms with van der Waals surface area (Å²) in [5.74, 6) is -0.333. The molecule has 1 aliphatic rings. The third-order valence-corrected chi connectivity index (χ3v) is 5.11. The molecule has 142 valence electrons. The predicted octanol–water partition coefficient (Wildman–Crippen LogP) is 3.59. The highest BCUT2D eigenvalue weighted by atomic mass is 16.2. The molecular weight excluding hydrogens is 364 g/mol. The summed E-state index contributed by atoms with van der Waals surface area (Å²) >= 11 is 0. The molecule has 0 saturated carbocycles. The van der Waals surface area contributed by atoms with Gasteiger partial charge >= 0.3 is 6.03 Å². The zero-order valence-corrected chi connectivity index (χ0v) is 15.8. The van der Waals surface area contributed by atoms with Crippen molar-refractivity contribution in [3.63, 3.8) is 0 Å². The second-order valence-corrected chi connectivity index (χ2v) is 7.02. The third-order valence-electron chi connectivity index (χ3n) is 5.11. The van der Waals surface area contributed by atoms with Gasteiger partial charge in [-0.1, -0.05) is 48.5 Å². The van der Waals surface area contributed by atoms with Crippen molar-refractivity contribution in [2.24, 2.45) is 0 Å². The molecule has 1 aliphatic heterocycles. The van der Waals surface area contributed by atoms with Crippen molar-refractivity contribution in [3.8, 4) is 17.2 Å². The van der Waals surface area contributed by atoms with Gasteiger partial charge in [0.25, 0.3) is 5.91 Å². The number of urea groups is 1. The molecule has 1 N–H and O–H groups in total. The summed E-state index contributed by atoms with van der Waals surface area (Å²) in [4.78, 5) is 30.9. The van der Waals surface area contributed by atoms with Gasteiger partial charge in [-0.05, 0) is 41.8 Å². The van der Waals surface area contributed by atoms with Gasteiger partial charge in [-0.15, -0.1) is 0 Å². The van der Waals surface area contributed by atoms with Crippen LogP contribution in [0.3, 0.4) is 0 Å². The molecule has 1 aromatic heterocycles. The van der Waals surface area contributed by atoms with Crippen LogP contribution in [0.15, 0.2) is 72.9 Å². The van der Waals surface area contributed by atoms with E-state index in [1.165, 1.54) is 4.90 Å². The molecule has 6 heteroatoms. The van der Waals surface area contributed by atoms with Gasteiger partial charge in [0, 0.05) is 6.20 Å². The smallest absolute Gasteiger partial charge is 0.318 e. The Morgan fingerprint density at radius 1 is 1.03 bits per heavy atom. The van der Waals surface area contributed by atoms with Gasteiger partial charge in [0.15, 0.2) is 5.54 Å². The number of amides is 3. The van der Waals surface area contributed by atoms with Gasteiger partial charge in [-0.3, -0.25) is 14.7 Å². The lowest BCUT2D eigenvalue weighted by Crippen LogP contribution is -2.41. The normalized spacial score (nSPS) is 18.4. The molecule has 0 aliphatic carbocycles. The SMILES string of the molecule is C[C@]1(c2ccccn2)NC(=O)N(Cc2ccc(-c3ccccc3C#N)cc2)C1=O. The van der Waals surface area contributed by atoms with Crippen molar-refractivity contribution in [2.45, 2.75) is 19.0 Å². The fraction of sp³-hybridized carbons (Fsp3) is 0.130. The molecule has 1 saturated heterocycles. The van der Waals surface area contributed by atoms with E-state index in [4.69, 9.17) is 0 Å². The number of hydrogen-bond acceptors (Lipinski definition) is 4. The Morgan fingerprint density at radius 2 is 1.76 bits per heavy atom. The van der Waals surface area contributed by atoms with Gasteiger partial charge in [-0.25, -0.2) is 4.79 Å². The average molecular weight is 382 g/mol. The molecule has 3 aromatic rings. The van der Waals surface area contributed by atoms with Crippen molar-refractivity contribution in [2.75, 3.05) is 0 Å². The van der Waals surface area contributed by atoms with Crippen LogP contribution in [0.2, 0.25) is 0 Å². The van der Waals surface area contributed by atoms with Gasteiger partial charge in [-0.2, -0.15) is 5.26 Å². The zero-order chi connectivity index (χ0) is 20.4. The zero-order valence-electron chi connectivity index (χ0n) is 15.8. The van der Waals surface area contributed by atoms with E-state index in [0.29, 0.717) is 11.3 Å². The maximum Gasteiger partial charge on any atom is 0.325 e. The van der Waals surface area contributed by atoms with Crippen molar-refractivity contribution in [1.29, 1.82) is 5.26 Å². The first-order chi connectivity index (χ1) is 14.0. The summed E-state index contributed by atoms with van der Waals surface area (Å²) in [5.41, 5.74) is 2.49. The first-order valence-corrected chi connectivity index (χ1v) is 9.17. The van der Waals surface area contributed by atoms with Crippen LogP contribution in [-0.4, -0.2) is 21.8 Å². The molecule has 0 radical (unpaired) electrons. The minimum absolute atomic E-state index is 0.160. The maximum atomic E-state index is 13.0. The quantitative estimate of drug-likeness (QED) is 0.699. The first kappa shape index (κ1) is 18.4. The Labute approximate surface area is 168 Å². The number of carbonyl (C=O) groups excluding carboxylic acids is 2. The Balaban J connectivity index is 1.56. The molecular formula is C23H18N4O2. The number of carbonyl (C=O) groups is 2. The van der Waals surface area contributed by atoms with E-state index in [1.807, 2.05) is 42.5 Å². The largest absolute Gasteiger partial charge is 0.325 e. The van der Waals surface area contributed by atoms with Crippen LogP contribution in [0.25, 0.3) is 11.1 Å². The van der Waals surface area contributed by atoms with Crippen LogP contribution in [0.5, 0.6) is 0 Å². The molecule has 4 rings (SSSR count). The molecule has 3 amide bonds. The number of nitrogens with one attached hydrogen (secondary N) is 1. The van der Waals surface area contributed by atoms with Crippen LogP contribution in [0.4, 0.5) is 4.79 Å². The summed E-state index contributed by atoms with van der Waals surface area (Å²) in [6.07, 6.45) is 1.60. The lowest BCUT2D eigenvalue weighted by atomic mass is 9.97. The Morgan fingerprint density at radius 3 is 2.45 bits per heavy atom. The number of hydrogen-bond donors (Lipinski definition) is 1. The van der Waals surface area contributed by atoms with Crippen molar-refractivity contribution in [1.82, 2.24) is 15.2 Å². The third kappa shape index (κ3) is 3.23. The Bertz CT molecular complexity index is 1120. The van der Waals surface area contributed by atoms with Crippen molar-refractivity contribution in [3.05, 3.63) is 89.7 Å². The molecule has 1 fully saturated rings. The summed E-state index contributed by atoms with van der Waals surface area (Å²) < 4.78 is 0. The van der Waals surface area contributed by atoms with Crippen LogP contribution in [-0.2, 0) is 16.9 Å². The standard InChI is InChI=1S/C23H18N4O2/c1-23(20-8-4-5-13-25-20)21(28)27(22(29)26-23)15-16-9-11-17(12-10-16)19-7-3-2-6-18(19)14-24/h2-13H,15H2,1H3,(H,26,29)/t23-/m1/s1. The second-order valence-electron chi connectivity index (χ2n) is 7.02. The lowest BCUT2D eigenvalue weighted by molar-refractivity contribution is -0.131. The fourth-order valence-electron chi connectivity index (χ4n) is 3.48. The number of aromatic nitrogens is 1. The number of rotatable bonds is 4. The van der Waals surface area contributed by atoms with E-state index < -0.39 is 11.6 Å². The first-order valence-electron chi connectivity index (χ1n) is 9.17. The van der Waals surface area contributed by atoms with Gasteiger partial charge in [0.1, 0.15) is 0 Å². The molecule has 2 heterocycles. The van der Waals surface area contributed by atoms with E-state index in [2.05, 4.69) is 16.4 Å². The fourth-order valence-corrected chi connectivity index (χ4v) is 3.48. The van der Waals surface area contributed by atoms with E-state index in [9.17, 15) is 14.9 Å². The van der Waals surface area contributed by atoms with Crippen LogP contribution < -0.4 is 5.32 Å². The summed E-state index contributed by atoms with van der Waals surface area (Å²) in [6.45, 7) is 1.82. The van der Waals surface area contributed by atoms with Gasteiger partial charge in [0.05, 0.1) is 23.9 Å². The number of pyridine rings is 1. The summed E-state index contributed by atoms with van der Waals surface area (Å²) in [5, 5.41) is 12.0. The molecule has 0 bridgehead atoms. The number of imide groups is 1. The molecule has 0 unspecified atom stereocenters. The minimum atomic E-state index is -1.18. The topological polar surface area (TPSA) is 86.1 Å². The highest BCUT2D eigenvalue weighted by molar-refractivity contribution is 6.06. The molecule has 1 atom stereocenters. The van der Waals surface area contributed by atoms with E-state index >= 15 is 0 Å². The molecule has 0 spiro atoms. The van der Waals surface area contributed by atoms with E-state index in [0.717, 1.165) is 16.7 Å². The van der Waals surface area contributed by atoms with Crippen LogP contribution in [0.1, 0.15) is 23.7 Å². The predicted molar refractivity (Wildman–Crippen MR) is 107 cm³/mol. The highest BCUT2D eigenvalue weighted by Crippen LogP contribution is 2.29. The Hall–Kier alpha value is -3.98. The monoisotopic (exact) mass is 382 g/mol. The highest BCUT2D eigenvalue weighted by Gasteiger charge is 2.49. The second kappa shape index (κ2) is 7.21. The average Bonchev–Trinajstić information content (AvgIpc) is 2.99. The molecule has 2 aromatic carbocycles. The van der Waals surface area contributed by atoms with E-state index in [1.54, 1.807) is 37.4 Å². The molecule has 6 nitrogen and oxygen atoms in total. The Kier molecular flexibility index (Phi) is 4.57. The lowest BCUT2D eigenvalue weighted by Gasteiger charge is -2.21. The summed E-state index contributed by atoms with van der Waals surface area (Å²) in [7, 11) is 0. The van der Waals surface area contributed by atoms with Crippen LogP contribution >= 0.6 is 0 Å².